The summed E-state index contributed by atoms with van der Waals surface area (Å²) in [6.07, 6.45) is 2.43. The van der Waals surface area contributed by atoms with Gasteiger partial charge in [0.15, 0.2) is 5.96 Å². The first-order valence-corrected chi connectivity index (χ1v) is 11.4. The van der Waals surface area contributed by atoms with Gasteiger partial charge in [0.05, 0.1) is 18.9 Å². The Bertz CT molecular complexity index is 733. The molecule has 1 aliphatic rings. The molecule has 0 saturated carbocycles. The van der Waals surface area contributed by atoms with Gasteiger partial charge in [-0.1, -0.05) is 12.1 Å². The number of sulfonamides is 1. The summed E-state index contributed by atoms with van der Waals surface area (Å²) in [5.41, 5.74) is 1.21. The molecule has 1 heterocycles. The van der Waals surface area contributed by atoms with Crippen LogP contribution in [0.25, 0.3) is 0 Å². The SMILES string of the molecule is CCS(=O)(=O)NCCNC(=NC)NCC(c1cccc(OC)c1)N1CCCC1. The van der Waals surface area contributed by atoms with Gasteiger partial charge in [0.25, 0.3) is 0 Å². The Labute approximate surface area is 168 Å². The second-order valence-corrected chi connectivity index (χ2v) is 8.81. The molecule has 9 heteroatoms. The maximum absolute atomic E-state index is 11.5. The molecule has 1 saturated heterocycles. The lowest BCUT2D eigenvalue weighted by Gasteiger charge is -2.29. The first-order valence-electron chi connectivity index (χ1n) is 9.79. The molecule has 0 bridgehead atoms. The Morgan fingerprint density at radius 2 is 2.00 bits per heavy atom. The van der Waals surface area contributed by atoms with E-state index in [-0.39, 0.29) is 11.8 Å². The molecule has 0 amide bonds. The van der Waals surface area contributed by atoms with Crippen LogP contribution in [0.3, 0.4) is 0 Å². The average Bonchev–Trinajstić information content (AvgIpc) is 3.24. The van der Waals surface area contributed by atoms with Crippen LogP contribution in [0.1, 0.15) is 31.4 Å². The number of ether oxygens (including phenoxy) is 1. The van der Waals surface area contributed by atoms with Gasteiger partial charge in [-0.05, 0) is 50.6 Å². The van der Waals surface area contributed by atoms with Crippen LogP contribution in [-0.2, 0) is 10.0 Å². The Balaban J connectivity index is 1.93. The number of likely N-dealkylation sites (tertiary alicyclic amines) is 1. The van der Waals surface area contributed by atoms with E-state index < -0.39 is 10.0 Å². The van der Waals surface area contributed by atoms with Gasteiger partial charge >= 0.3 is 0 Å². The summed E-state index contributed by atoms with van der Waals surface area (Å²) < 4.78 is 30.9. The summed E-state index contributed by atoms with van der Waals surface area (Å²) in [5, 5.41) is 6.53. The van der Waals surface area contributed by atoms with Crippen molar-refractivity contribution in [1.29, 1.82) is 0 Å². The van der Waals surface area contributed by atoms with E-state index in [2.05, 4.69) is 37.4 Å². The smallest absolute Gasteiger partial charge is 0.211 e. The molecule has 28 heavy (non-hydrogen) atoms. The van der Waals surface area contributed by atoms with E-state index in [0.29, 0.717) is 25.6 Å². The third-order valence-corrected chi connectivity index (χ3v) is 6.27. The Kier molecular flexibility index (Phi) is 9.01. The van der Waals surface area contributed by atoms with E-state index in [1.54, 1.807) is 21.1 Å². The highest BCUT2D eigenvalue weighted by atomic mass is 32.2. The van der Waals surface area contributed by atoms with E-state index in [4.69, 9.17) is 4.74 Å². The molecule has 1 atom stereocenters. The summed E-state index contributed by atoms with van der Waals surface area (Å²) in [7, 11) is 0.219. The highest BCUT2D eigenvalue weighted by Gasteiger charge is 2.24. The minimum atomic E-state index is -3.17. The fourth-order valence-corrected chi connectivity index (χ4v) is 3.88. The van der Waals surface area contributed by atoms with Crippen molar-refractivity contribution >= 4 is 16.0 Å². The van der Waals surface area contributed by atoms with Crippen molar-refractivity contribution < 1.29 is 13.2 Å². The molecule has 0 radical (unpaired) electrons. The number of methoxy groups -OCH3 is 1. The second kappa shape index (κ2) is 11.2. The molecular weight excluding hydrogens is 378 g/mol. The van der Waals surface area contributed by atoms with E-state index in [0.717, 1.165) is 18.8 Å². The molecule has 3 N–H and O–H groups in total. The first-order chi connectivity index (χ1) is 13.5. The molecule has 8 nitrogen and oxygen atoms in total. The monoisotopic (exact) mass is 411 g/mol. The predicted octanol–water partition coefficient (Wildman–Crippen LogP) is 0.936. The third-order valence-electron chi connectivity index (χ3n) is 4.87. The zero-order valence-electron chi connectivity index (χ0n) is 17.1. The van der Waals surface area contributed by atoms with Crippen molar-refractivity contribution in [3.63, 3.8) is 0 Å². The highest BCUT2D eigenvalue weighted by molar-refractivity contribution is 7.89. The lowest BCUT2D eigenvalue weighted by atomic mass is 10.1. The molecule has 1 unspecified atom stereocenters. The molecule has 0 spiro atoms. The number of rotatable bonds is 10. The van der Waals surface area contributed by atoms with Crippen LogP contribution in [0.5, 0.6) is 5.75 Å². The summed E-state index contributed by atoms with van der Waals surface area (Å²) in [6.45, 7) is 5.26. The first kappa shape index (κ1) is 22.4. The normalized spacial score (nSPS) is 16.8. The molecule has 1 fully saturated rings. The second-order valence-electron chi connectivity index (χ2n) is 6.71. The number of hydrogen-bond acceptors (Lipinski definition) is 5. The van der Waals surface area contributed by atoms with Crippen molar-refractivity contribution in [3.05, 3.63) is 29.8 Å². The minimum Gasteiger partial charge on any atom is -0.497 e. The maximum atomic E-state index is 11.5. The topological polar surface area (TPSA) is 95.1 Å². The van der Waals surface area contributed by atoms with Gasteiger partial charge in [0, 0.05) is 26.7 Å². The van der Waals surface area contributed by atoms with Gasteiger partial charge in [-0.2, -0.15) is 0 Å². The predicted molar refractivity (Wildman–Crippen MR) is 113 cm³/mol. The van der Waals surface area contributed by atoms with Gasteiger partial charge < -0.3 is 15.4 Å². The molecular formula is C19H33N5O3S. The van der Waals surface area contributed by atoms with Gasteiger partial charge in [0.2, 0.25) is 10.0 Å². The van der Waals surface area contributed by atoms with E-state index in [1.165, 1.54) is 18.4 Å². The maximum Gasteiger partial charge on any atom is 0.211 e. The molecule has 0 aliphatic carbocycles. The highest BCUT2D eigenvalue weighted by Crippen LogP contribution is 2.27. The van der Waals surface area contributed by atoms with Crippen LogP contribution < -0.4 is 20.1 Å². The van der Waals surface area contributed by atoms with Crippen molar-refractivity contribution in [2.75, 3.05) is 52.6 Å². The fraction of sp³-hybridized carbons (Fsp3) is 0.632. The number of hydrogen-bond donors (Lipinski definition) is 3. The van der Waals surface area contributed by atoms with Crippen molar-refractivity contribution in [3.8, 4) is 5.75 Å². The van der Waals surface area contributed by atoms with E-state index in [9.17, 15) is 8.42 Å². The summed E-state index contributed by atoms with van der Waals surface area (Å²) in [5.74, 6) is 1.59. The quantitative estimate of drug-likeness (QED) is 0.301. The number of nitrogens with one attached hydrogen (secondary N) is 3. The fourth-order valence-electron chi connectivity index (χ4n) is 3.26. The minimum absolute atomic E-state index is 0.0814. The van der Waals surface area contributed by atoms with Gasteiger partial charge in [-0.3, -0.25) is 9.89 Å². The lowest BCUT2D eigenvalue weighted by Crippen LogP contribution is -2.44. The van der Waals surface area contributed by atoms with Crippen LogP contribution in [0.2, 0.25) is 0 Å². The van der Waals surface area contributed by atoms with Crippen LogP contribution >= 0.6 is 0 Å². The number of benzene rings is 1. The van der Waals surface area contributed by atoms with Crippen molar-refractivity contribution in [2.45, 2.75) is 25.8 Å². The molecule has 1 aromatic rings. The van der Waals surface area contributed by atoms with Crippen molar-refractivity contribution in [2.24, 2.45) is 4.99 Å². The largest absolute Gasteiger partial charge is 0.497 e. The standard InChI is InChI=1S/C19H33N5O3S/c1-4-28(25,26)23-11-10-21-19(20-2)22-15-18(24-12-5-6-13-24)16-8-7-9-17(14-16)27-3/h7-9,14,18,23H,4-6,10-13,15H2,1-3H3,(H2,20,21,22). The van der Waals surface area contributed by atoms with Crippen LogP contribution in [0, 0.1) is 0 Å². The zero-order chi connectivity index (χ0) is 20.4. The summed E-state index contributed by atoms with van der Waals surface area (Å²) in [6, 6.07) is 8.40. The van der Waals surface area contributed by atoms with Crippen LogP contribution in [-0.4, -0.2) is 71.9 Å². The molecule has 1 aromatic carbocycles. The summed E-state index contributed by atoms with van der Waals surface area (Å²) in [4.78, 5) is 6.72. The number of nitrogens with zero attached hydrogens (tertiary/aromatic N) is 2. The Morgan fingerprint density at radius 1 is 1.25 bits per heavy atom. The van der Waals surface area contributed by atoms with Gasteiger partial charge in [-0.25, -0.2) is 13.1 Å². The number of aliphatic imine (C=N–C) groups is 1. The molecule has 158 valence electrons. The van der Waals surface area contributed by atoms with Gasteiger partial charge in [0.1, 0.15) is 5.75 Å². The average molecular weight is 412 g/mol. The van der Waals surface area contributed by atoms with E-state index >= 15 is 0 Å². The number of guanidine groups is 1. The molecule has 1 aliphatic heterocycles. The lowest BCUT2D eigenvalue weighted by molar-refractivity contribution is 0.245. The van der Waals surface area contributed by atoms with Crippen molar-refractivity contribution in [1.82, 2.24) is 20.3 Å². The molecule has 0 aromatic heterocycles. The Hall–Kier alpha value is -1.84. The van der Waals surface area contributed by atoms with Crippen LogP contribution in [0.4, 0.5) is 0 Å². The zero-order valence-corrected chi connectivity index (χ0v) is 17.9. The third kappa shape index (κ3) is 6.96. The Morgan fingerprint density at radius 3 is 2.64 bits per heavy atom. The summed E-state index contributed by atoms with van der Waals surface area (Å²) >= 11 is 0. The van der Waals surface area contributed by atoms with Crippen LogP contribution in [0.15, 0.2) is 29.3 Å². The molecule has 2 rings (SSSR count). The van der Waals surface area contributed by atoms with E-state index in [1.807, 2.05) is 12.1 Å². The van der Waals surface area contributed by atoms with Gasteiger partial charge in [-0.15, -0.1) is 0 Å².